The molecule has 0 aromatic heterocycles. The van der Waals surface area contributed by atoms with Crippen LogP contribution in [-0.4, -0.2) is 47.5 Å². The average molecular weight is 296 g/mol. The summed E-state index contributed by atoms with van der Waals surface area (Å²) < 4.78 is 0. The minimum Gasteiger partial charge on any atom is -0.392 e. The predicted molar refractivity (Wildman–Crippen MR) is 85.0 cm³/mol. The van der Waals surface area contributed by atoms with Crippen molar-refractivity contribution >= 4 is 12.4 Å². The molecule has 0 saturated heterocycles. The summed E-state index contributed by atoms with van der Waals surface area (Å²) in [4.78, 5) is 2.05. The Morgan fingerprint density at radius 2 is 1.16 bits per heavy atom. The molecule has 0 aromatic carbocycles. The van der Waals surface area contributed by atoms with Crippen LogP contribution in [0.2, 0.25) is 0 Å². The first-order chi connectivity index (χ1) is 8.60. The van der Waals surface area contributed by atoms with Gasteiger partial charge in [-0.15, -0.1) is 12.4 Å². The van der Waals surface area contributed by atoms with E-state index in [2.05, 4.69) is 13.8 Å². The normalized spacial score (nSPS) is 14.2. The molecule has 4 heteroatoms. The molecule has 0 heterocycles. The Kier molecular flexibility index (Phi) is 16.5. The molecular weight excluding hydrogens is 262 g/mol. The fourth-order valence-electron chi connectivity index (χ4n) is 2.24. The van der Waals surface area contributed by atoms with Crippen LogP contribution in [0, 0.1) is 0 Å². The van der Waals surface area contributed by atoms with Gasteiger partial charge in [-0.1, -0.05) is 52.4 Å². The first-order valence-electron chi connectivity index (χ1n) is 7.64. The summed E-state index contributed by atoms with van der Waals surface area (Å²) in [7, 11) is 1.98. The number of unbranched alkanes of at least 4 members (excludes halogenated alkanes) is 4. The van der Waals surface area contributed by atoms with E-state index in [1.165, 1.54) is 25.7 Å². The molecule has 2 unspecified atom stereocenters. The van der Waals surface area contributed by atoms with Crippen molar-refractivity contribution in [3.05, 3.63) is 0 Å². The van der Waals surface area contributed by atoms with Crippen molar-refractivity contribution < 1.29 is 10.2 Å². The van der Waals surface area contributed by atoms with Crippen molar-refractivity contribution in [3.8, 4) is 0 Å². The number of hydrogen-bond acceptors (Lipinski definition) is 3. The molecule has 0 fully saturated rings. The van der Waals surface area contributed by atoms with Crippen molar-refractivity contribution in [1.29, 1.82) is 0 Å². The molecule has 0 bridgehead atoms. The lowest BCUT2D eigenvalue weighted by Gasteiger charge is -2.23. The maximum absolute atomic E-state index is 9.85. The lowest BCUT2D eigenvalue weighted by Crippen LogP contribution is -2.35. The zero-order valence-electron chi connectivity index (χ0n) is 13.0. The smallest absolute Gasteiger partial charge is 0.0667 e. The zero-order chi connectivity index (χ0) is 13.8. The highest BCUT2D eigenvalue weighted by Gasteiger charge is 2.11. The number of rotatable bonds is 12. The summed E-state index contributed by atoms with van der Waals surface area (Å²) in [6.07, 6.45) is 8.25. The highest BCUT2D eigenvalue weighted by atomic mass is 35.5. The number of aliphatic hydroxyl groups is 2. The van der Waals surface area contributed by atoms with Gasteiger partial charge in [0.15, 0.2) is 0 Å². The van der Waals surface area contributed by atoms with Gasteiger partial charge in [0.25, 0.3) is 0 Å². The Bertz CT molecular complexity index is 164. The van der Waals surface area contributed by atoms with Gasteiger partial charge in [-0.25, -0.2) is 0 Å². The molecule has 118 valence electrons. The van der Waals surface area contributed by atoms with Crippen molar-refractivity contribution in [2.45, 2.75) is 77.4 Å². The van der Waals surface area contributed by atoms with E-state index in [0.717, 1.165) is 25.7 Å². The van der Waals surface area contributed by atoms with E-state index in [4.69, 9.17) is 0 Å². The van der Waals surface area contributed by atoms with Gasteiger partial charge >= 0.3 is 0 Å². The molecule has 2 atom stereocenters. The van der Waals surface area contributed by atoms with Gasteiger partial charge in [0.2, 0.25) is 0 Å². The van der Waals surface area contributed by atoms with E-state index >= 15 is 0 Å². The van der Waals surface area contributed by atoms with E-state index in [1.54, 1.807) is 0 Å². The summed E-state index contributed by atoms with van der Waals surface area (Å²) in [5.74, 6) is 0. The van der Waals surface area contributed by atoms with Crippen LogP contribution in [0.1, 0.15) is 65.2 Å². The van der Waals surface area contributed by atoms with Crippen LogP contribution < -0.4 is 0 Å². The quantitative estimate of drug-likeness (QED) is 0.543. The van der Waals surface area contributed by atoms with E-state index in [1.807, 2.05) is 11.9 Å². The van der Waals surface area contributed by atoms with Crippen LogP contribution in [-0.2, 0) is 0 Å². The second kappa shape index (κ2) is 14.6. The maximum Gasteiger partial charge on any atom is 0.0667 e. The monoisotopic (exact) mass is 295 g/mol. The summed E-state index contributed by atoms with van der Waals surface area (Å²) in [5.41, 5.74) is 0. The third-order valence-electron chi connectivity index (χ3n) is 3.33. The molecule has 0 amide bonds. The van der Waals surface area contributed by atoms with E-state index in [9.17, 15) is 10.2 Å². The van der Waals surface area contributed by atoms with E-state index in [-0.39, 0.29) is 24.6 Å². The second-order valence-electron chi connectivity index (χ2n) is 5.52. The third-order valence-corrected chi connectivity index (χ3v) is 3.33. The highest BCUT2D eigenvalue weighted by Crippen LogP contribution is 2.07. The van der Waals surface area contributed by atoms with Gasteiger partial charge in [0, 0.05) is 13.1 Å². The fourth-order valence-corrected chi connectivity index (χ4v) is 2.24. The van der Waals surface area contributed by atoms with Gasteiger partial charge in [-0.3, -0.25) is 0 Å². The van der Waals surface area contributed by atoms with E-state index in [0.29, 0.717) is 13.1 Å². The number of halogens is 1. The third kappa shape index (κ3) is 14.4. The summed E-state index contributed by atoms with van der Waals surface area (Å²) >= 11 is 0. The predicted octanol–water partition coefficient (Wildman–Crippen LogP) is 3.22. The van der Waals surface area contributed by atoms with Crippen LogP contribution in [0.3, 0.4) is 0 Å². The first kappa shape index (κ1) is 21.5. The molecule has 0 aliphatic carbocycles. The molecular formula is C15H34ClNO2. The number of hydrogen-bond donors (Lipinski definition) is 2. The molecule has 0 rings (SSSR count). The van der Waals surface area contributed by atoms with Crippen molar-refractivity contribution in [1.82, 2.24) is 4.90 Å². The van der Waals surface area contributed by atoms with Crippen molar-refractivity contribution in [2.75, 3.05) is 20.1 Å². The maximum atomic E-state index is 9.85. The van der Waals surface area contributed by atoms with Gasteiger partial charge in [0.1, 0.15) is 0 Å². The molecule has 3 nitrogen and oxygen atoms in total. The zero-order valence-corrected chi connectivity index (χ0v) is 13.8. The van der Waals surface area contributed by atoms with Gasteiger partial charge in [-0.2, -0.15) is 0 Å². The molecule has 0 aromatic rings. The largest absolute Gasteiger partial charge is 0.392 e. The highest BCUT2D eigenvalue weighted by molar-refractivity contribution is 5.85. The van der Waals surface area contributed by atoms with Crippen molar-refractivity contribution in [2.24, 2.45) is 0 Å². The number of likely N-dealkylation sites (N-methyl/N-ethyl adjacent to an activating group) is 1. The second-order valence-corrected chi connectivity index (χ2v) is 5.52. The van der Waals surface area contributed by atoms with Crippen LogP contribution in [0.15, 0.2) is 0 Å². The molecule has 0 saturated carbocycles. The van der Waals surface area contributed by atoms with Crippen molar-refractivity contribution in [3.63, 3.8) is 0 Å². The summed E-state index contributed by atoms with van der Waals surface area (Å²) in [6, 6.07) is 0. The summed E-state index contributed by atoms with van der Waals surface area (Å²) in [5, 5.41) is 19.7. The first-order valence-corrected chi connectivity index (χ1v) is 7.64. The topological polar surface area (TPSA) is 43.7 Å². The summed E-state index contributed by atoms with van der Waals surface area (Å²) in [6.45, 7) is 5.69. The Balaban J connectivity index is 0. The van der Waals surface area contributed by atoms with Gasteiger partial charge in [-0.05, 0) is 19.9 Å². The number of nitrogens with zero attached hydrogens (tertiary/aromatic N) is 1. The Hall–Kier alpha value is 0.170. The lowest BCUT2D eigenvalue weighted by molar-refractivity contribution is 0.0739. The molecule has 0 radical (unpaired) electrons. The molecule has 19 heavy (non-hydrogen) atoms. The Morgan fingerprint density at radius 3 is 1.47 bits per heavy atom. The number of aliphatic hydroxyl groups excluding tert-OH is 2. The standard InChI is InChI=1S/C15H33NO2.ClH/c1-4-6-8-10-14(17)12-16(3)13-15(18)11-9-7-5-2;/h14-15,17-18H,4-13H2,1-3H3;1H. The fraction of sp³-hybridized carbons (Fsp3) is 1.00. The van der Waals surface area contributed by atoms with E-state index < -0.39 is 0 Å². The molecule has 2 N–H and O–H groups in total. The molecule has 0 aliphatic rings. The molecule has 0 aliphatic heterocycles. The minimum atomic E-state index is -0.246. The van der Waals surface area contributed by atoms with Crippen LogP contribution in [0.25, 0.3) is 0 Å². The lowest BCUT2D eigenvalue weighted by atomic mass is 10.1. The van der Waals surface area contributed by atoms with Gasteiger partial charge in [0.05, 0.1) is 12.2 Å². The van der Waals surface area contributed by atoms with Crippen LogP contribution in [0.4, 0.5) is 0 Å². The van der Waals surface area contributed by atoms with Gasteiger partial charge < -0.3 is 15.1 Å². The average Bonchev–Trinajstić information content (AvgIpc) is 2.29. The minimum absolute atomic E-state index is 0. The van der Waals surface area contributed by atoms with Crippen LogP contribution >= 0.6 is 12.4 Å². The Morgan fingerprint density at radius 1 is 0.789 bits per heavy atom. The Labute approximate surface area is 125 Å². The SMILES string of the molecule is CCCCCC(O)CN(C)CC(O)CCCCC.Cl. The molecule has 0 spiro atoms. The van der Waals surface area contributed by atoms with Crippen LogP contribution in [0.5, 0.6) is 0 Å².